The topological polar surface area (TPSA) is 23.5 Å². The monoisotopic (exact) mass is 295 g/mol. The van der Waals surface area contributed by atoms with Gasteiger partial charge in [-0.15, -0.1) is 0 Å². The van der Waals surface area contributed by atoms with Gasteiger partial charge in [0, 0.05) is 18.7 Å². The van der Waals surface area contributed by atoms with Crippen LogP contribution in [0.15, 0.2) is 18.2 Å². The summed E-state index contributed by atoms with van der Waals surface area (Å²) in [5.74, 6) is 0.757. The maximum absolute atomic E-state index is 9.54. The summed E-state index contributed by atoms with van der Waals surface area (Å²) in [6, 6.07) is 5.79. The summed E-state index contributed by atoms with van der Waals surface area (Å²) in [5, 5.41) is 10.3. The van der Waals surface area contributed by atoms with Gasteiger partial charge in [-0.3, -0.25) is 0 Å². The third-order valence-electron chi connectivity index (χ3n) is 4.51. The predicted octanol–water partition coefficient (Wildman–Crippen LogP) is 4.48. The Morgan fingerprint density at radius 3 is 2.65 bits per heavy atom. The fourth-order valence-corrected chi connectivity index (χ4v) is 3.54. The van der Waals surface area contributed by atoms with Gasteiger partial charge in [0.05, 0.1) is 17.3 Å². The van der Waals surface area contributed by atoms with E-state index in [1.165, 1.54) is 19.3 Å². The van der Waals surface area contributed by atoms with E-state index in [9.17, 15) is 5.11 Å². The average molecular weight is 296 g/mol. The van der Waals surface area contributed by atoms with E-state index < -0.39 is 0 Å². The van der Waals surface area contributed by atoms with Gasteiger partial charge in [0.2, 0.25) is 0 Å². The lowest BCUT2D eigenvalue weighted by Crippen LogP contribution is -2.27. The molecule has 112 valence electrons. The fourth-order valence-electron chi connectivity index (χ4n) is 3.23. The van der Waals surface area contributed by atoms with Crippen molar-refractivity contribution in [3.05, 3.63) is 28.8 Å². The second-order valence-corrected chi connectivity index (χ2v) is 7.29. The number of rotatable bonds is 2. The number of nitrogens with zero attached hydrogens (tertiary/aromatic N) is 1. The largest absolute Gasteiger partial charge is 0.392 e. The molecule has 2 rings (SSSR count). The zero-order chi connectivity index (χ0) is 14.8. The number of aliphatic hydroxyl groups excluding tert-OH is 1. The minimum Gasteiger partial charge on any atom is -0.392 e. The van der Waals surface area contributed by atoms with Gasteiger partial charge in [-0.05, 0) is 36.7 Å². The van der Waals surface area contributed by atoms with Crippen molar-refractivity contribution in [3.63, 3.8) is 0 Å². The summed E-state index contributed by atoms with van der Waals surface area (Å²) in [4.78, 5) is 2.36. The molecule has 1 fully saturated rings. The molecule has 1 saturated heterocycles. The Hall–Kier alpha value is -0.730. The van der Waals surface area contributed by atoms with Crippen LogP contribution in [0.5, 0.6) is 0 Å². The van der Waals surface area contributed by atoms with Crippen LogP contribution >= 0.6 is 11.6 Å². The third-order valence-corrected chi connectivity index (χ3v) is 4.81. The van der Waals surface area contributed by atoms with Crippen molar-refractivity contribution >= 4 is 17.3 Å². The van der Waals surface area contributed by atoms with Gasteiger partial charge >= 0.3 is 0 Å². The lowest BCUT2D eigenvalue weighted by atomic mass is 9.77. The maximum atomic E-state index is 9.54. The summed E-state index contributed by atoms with van der Waals surface area (Å²) in [6.45, 7) is 9.11. The summed E-state index contributed by atoms with van der Waals surface area (Å²) in [7, 11) is 0. The van der Waals surface area contributed by atoms with Crippen molar-refractivity contribution in [2.45, 2.75) is 46.6 Å². The van der Waals surface area contributed by atoms with E-state index in [2.05, 4.69) is 25.7 Å². The second-order valence-electron chi connectivity index (χ2n) is 6.89. The molecule has 0 amide bonds. The Morgan fingerprint density at radius 2 is 2.00 bits per heavy atom. The highest BCUT2D eigenvalue weighted by molar-refractivity contribution is 6.33. The summed E-state index contributed by atoms with van der Waals surface area (Å²) >= 11 is 6.37. The molecule has 2 nitrogen and oxygen atoms in total. The van der Waals surface area contributed by atoms with Gasteiger partial charge in [0.25, 0.3) is 0 Å². The highest BCUT2D eigenvalue weighted by Crippen LogP contribution is 2.37. The fraction of sp³-hybridized carbons (Fsp3) is 0.647. The van der Waals surface area contributed by atoms with E-state index >= 15 is 0 Å². The van der Waals surface area contributed by atoms with Crippen LogP contribution in [0.4, 0.5) is 5.69 Å². The first-order valence-electron chi connectivity index (χ1n) is 7.56. The quantitative estimate of drug-likeness (QED) is 0.869. The Balaban J connectivity index is 2.19. The summed E-state index contributed by atoms with van der Waals surface area (Å²) in [5.41, 5.74) is 2.34. The SMILES string of the molecule is CC(C)(C)C1CCCN(c2c(Cl)cccc2CO)CC1. The molecule has 0 aliphatic carbocycles. The zero-order valence-corrected chi connectivity index (χ0v) is 13.6. The van der Waals surface area contributed by atoms with Crippen LogP contribution < -0.4 is 4.90 Å². The molecular formula is C17H26ClNO. The van der Waals surface area contributed by atoms with Crippen LogP contribution in [-0.4, -0.2) is 18.2 Å². The number of benzene rings is 1. The standard InChI is InChI=1S/C17H26ClNO/c1-17(2,3)14-7-5-10-19(11-9-14)16-13(12-20)6-4-8-15(16)18/h4,6,8,14,20H,5,7,9-12H2,1-3H3. The van der Waals surface area contributed by atoms with Gasteiger partial charge in [-0.2, -0.15) is 0 Å². The molecule has 1 N–H and O–H groups in total. The third kappa shape index (κ3) is 3.48. The maximum Gasteiger partial charge on any atom is 0.0702 e. The molecule has 0 bridgehead atoms. The zero-order valence-electron chi connectivity index (χ0n) is 12.8. The minimum atomic E-state index is 0.0507. The molecule has 0 saturated carbocycles. The van der Waals surface area contributed by atoms with Crippen LogP contribution in [0.1, 0.15) is 45.6 Å². The van der Waals surface area contributed by atoms with Crippen LogP contribution in [0.3, 0.4) is 0 Å². The van der Waals surface area contributed by atoms with Gasteiger partial charge < -0.3 is 10.0 Å². The highest BCUT2D eigenvalue weighted by Gasteiger charge is 2.28. The first kappa shape index (κ1) is 15.7. The Labute approximate surface area is 127 Å². The van der Waals surface area contributed by atoms with Crippen LogP contribution in [0, 0.1) is 11.3 Å². The first-order valence-corrected chi connectivity index (χ1v) is 7.94. The van der Waals surface area contributed by atoms with E-state index in [4.69, 9.17) is 11.6 Å². The van der Waals surface area contributed by atoms with Crippen molar-refractivity contribution in [1.29, 1.82) is 0 Å². The first-order chi connectivity index (χ1) is 9.43. The molecule has 1 aliphatic rings. The van der Waals surface area contributed by atoms with Gasteiger partial charge in [-0.25, -0.2) is 0 Å². The number of anilines is 1. The highest BCUT2D eigenvalue weighted by atomic mass is 35.5. The molecule has 1 aromatic carbocycles. The van der Waals surface area contributed by atoms with E-state index in [0.29, 0.717) is 5.41 Å². The van der Waals surface area contributed by atoms with Crippen molar-refractivity contribution in [3.8, 4) is 0 Å². The predicted molar refractivity (Wildman–Crippen MR) is 86.4 cm³/mol. The van der Waals surface area contributed by atoms with Gasteiger partial charge in [-0.1, -0.05) is 44.5 Å². The molecule has 0 radical (unpaired) electrons. The normalized spacial score (nSPS) is 20.9. The smallest absolute Gasteiger partial charge is 0.0702 e. The Kier molecular flexibility index (Phi) is 4.98. The molecule has 0 aromatic heterocycles. The lowest BCUT2D eigenvalue weighted by Gasteiger charge is -2.30. The Morgan fingerprint density at radius 1 is 1.25 bits per heavy atom. The summed E-state index contributed by atoms with van der Waals surface area (Å²) in [6.07, 6.45) is 3.66. The molecule has 1 aromatic rings. The van der Waals surface area contributed by atoms with E-state index in [1.807, 2.05) is 18.2 Å². The molecular weight excluding hydrogens is 270 g/mol. The van der Waals surface area contributed by atoms with Gasteiger partial charge in [0.15, 0.2) is 0 Å². The number of halogens is 1. The number of hydrogen-bond acceptors (Lipinski definition) is 2. The average Bonchev–Trinajstić information content (AvgIpc) is 2.63. The molecule has 0 spiro atoms. The number of para-hydroxylation sites is 1. The van der Waals surface area contributed by atoms with E-state index in [1.54, 1.807) is 0 Å². The van der Waals surface area contributed by atoms with Crippen molar-refractivity contribution in [1.82, 2.24) is 0 Å². The Bertz CT molecular complexity index is 453. The van der Waals surface area contributed by atoms with Crippen molar-refractivity contribution in [2.24, 2.45) is 11.3 Å². The van der Waals surface area contributed by atoms with Crippen LogP contribution in [0.2, 0.25) is 5.02 Å². The molecule has 20 heavy (non-hydrogen) atoms. The molecule has 3 heteroatoms. The minimum absolute atomic E-state index is 0.0507. The molecule has 1 aliphatic heterocycles. The van der Waals surface area contributed by atoms with Crippen LogP contribution in [0.25, 0.3) is 0 Å². The van der Waals surface area contributed by atoms with Gasteiger partial charge in [0.1, 0.15) is 0 Å². The molecule has 1 atom stereocenters. The van der Waals surface area contributed by atoms with Crippen molar-refractivity contribution < 1.29 is 5.11 Å². The second kappa shape index (κ2) is 6.36. The van der Waals surface area contributed by atoms with E-state index in [-0.39, 0.29) is 6.61 Å². The number of hydrogen-bond donors (Lipinski definition) is 1. The number of aliphatic hydroxyl groups is 1. The molecule has 1 unspecified atom stereocenters. The lowest BCUT2D eigenvalue weighted by molar-refractivity contribution is 0.220. The van der Waals surface area contributed by atoms with Crippen LogP contribution in [-0.2, 0) is 6.61 Å². The van der Waals surface area contributed by atoms with Crippen molar-refractivity contribution in [2.75, 3.05) is 18.0 Å². The van der Waals surface area contributed by atoms with E-state index in [0.717, 1.165) is 35.3 Å². The summed E-state index contributed by atoms with van der Waals surface area (Å²) < 4.78 is 0. The molecule has 1 heterocycles.